The second-order valence-corrected chi connectivity index (χ2v) is 33.8. The zero-order valence-corrected chi connectivity index (χ0v) is 67.2. The Hall–Kier alpha value is -9.80. The van der Waals surface area contributed by atoms with Crippen molar-refractivity contribution in [2.45, 2.75) is 186 Å². The van der Waals surface area contributed by atoms with Crippen LogP contribution in [-0.4, -0.2) is 59.4 Å². The number of esters is 4. The van der Waals surface area contributed by atoms with Gasteiger partial charge in [-0.1, -0.05) is 257 Å². The van der Waals surface area contributed by atoms with Gasteiger partial charge in [0.25, 0.3) is 0 Å². The topological polar surface area (TPSA) is 115 Å². The summed E-state index contributed by atoms with van der Waals surface area (Å²) in [6, 6.07) is 62.4. The Bertz CT molecular complexity index is 5070. The van der Waals surface area contributed by atoms with Gasteiger partial charge in [0.2, 0.25) is 0 Å². The lowest BCUT2D eigenvalue weighted by molar-refractivity contribution is 0.0468. The van der Waals surface area contributed by atoms with Crippen LogP contribution < -0.4 is 0 Å². The van der Waals surface area contributed by atoms with Gasteiger partial charge in [0, 0.05) is 43.7 Å². The van der Waals surface area contributed by atoms with Crippen molar-refractivity contribution in [1.82, 2.24) is 9.13 Å². The van der Waals surface area contributed by atoms with Gasteiger partial charge in [-0.3, -0.25) is 0 Å². The molecular weight excluding hydrogens is 1360 g/mol. The first kappa shape index (κ1) is 78.3. The van der Waals surface area contributed by atoms with E-state index in [1.807, 2.05) is 48.5 Å². The summed E-state index contributed by atoms with van der Waals surface area (Å²) in [5.41, 5.74) is 10.1. The Kier molecular flexibility index (Phi) is 25.3. The summed E-state index contributed by atoms with van der Waals surface area (Å²) in [6.45, 7) is 27.7. The number of ether oxygens (including phenoxy) is 4. The number of benzene rings is 11. The number of fused-ring (bicyclic) bond motifs is 8. The van der Waals surface area contributed by atoms with Crippen molar-refractivity contribution in [3.8, 4) is 33.6 Å². The molecule has 4 atom stereocenters. The van der Waals surface area contributed by atoms with Gasteiger partial charge in [0.05, 0.1) is 70.7 Å². The van der Waals surface area contributed by atoms with E-state index in [4.69, 9.17) is 18.9 Å². The van der Waals surface area contributed by atoms with Gasteiger partial charge in [-0.2, -0.15) is 0 Å². The second kappa shape index (κ2) is 35.5. The highest BCUT2D eigenvalue weighted by molar-refractivity contribution is 6.42. The maximum Gasteiger partial charge on any atom is 0.338 e. The van der Waals surface area contributed by atoms with Crippen LogP contribution in [0.1, 0.15) is 227 Å². The fraction of sp³-hybridized carbons (Fsp3) is 0.400. The van der Waals surface area contributed by atoms with Crippen molar-refractivity contribution in [3.63, 3.8) is 0 Å². The molecule has 0 spiro atoms. The molecule has 0 saturated heterocycles. The molecule has 0 aliphatic rings. The fourth-order valence-corrected chi connectivity index (χ4v) is 17.0. The summed E-state index contributed by atoms with van der Waals surface area (Å²) < 4.78 is 30.8. The molecule has 2 heterocycles. The van der Waals surface area contributed by atoms with Crippen molar-refractivity contribution in [3.05, 3.63) is 204 Å². The van der Waals surface area contributed by atoms with Crippen molar-refractivity contribution >= 4 is 111 Å². The molecule has 0 radical (unpaired) electrons. The summed E-state index contributed by atoms with van der Waals surface area (Å²) in [4.78, 5) is 63.5. The number of aromatic nitrogens is 2. The van der Waals surface area contributed by atoms with Crippen LogP contribution in [0.2, 0.25) is 0 Å². The summed E-state index contributed by atoms with van der Waals surface area (Å²) in [5.74, 6) is 1.45. The minimum atomic E-state index is -0.546. The normalized spacial score (nSPS) is 13.2. The molecule has 0 saturated carbocycles. The minimum absolute atomic E-state index is 0.181. The Labute approximate surface area is 651 Å². The third kappa shape index (κ3) is 17.2. The Morgan fingerprint density at radius 1 is 0.264 bits per heavy atom. The highest BCUT2D eigenvalue weighted by atomic mass is 16.5. The molecule has 0 fully saturated rings. The zero-order valence-electron chi connectivity index (χ0n) is 67.2. The predicted octanol–water partition coefficient (Wildman–Crippen LogP) is 27.3. The van der Waals surface area contributed by atoms with Gasteiger partial charge in [-0.15, -0.1) is 0 Å². The lowest BCUT2D eigenvalue weighted by atomic mass is 9.79. The maximum absolute atomic E-state index is 16.1. The largest absolute Gasteiger partial charge is 0.462 e. The third-order valence-electron chi connectivity index (χ3n) is 23.3. The van der Waals surface area contributed by atoms with E-state index in [2.05, 4.69) is 226 Å². The molecule has 13 rings (SSSR count). The maximum atomic E-state index is 16.1. The molecule has 2 aromatic heterocycles. The molecule has 0 aliphatic heterocycles. The quantitative estimate of drug-likeness (QED) is 0.0165. The SMILES string of the molecule is CC(C)CCCC(C)CCOC(=O)c1ccc2c3c(-c4ccc5c(c4)c4ccccc4n5-c4ccccc4)cc(C(=O)OCCC(C)CCCC(C)C)c4c(C(=O)OCCC(C)CCCC(C)C)ccc(c5c(-c6ccc7c(c6)c6ccccc6n7-c6ccccc6)cc(C(=O)OCCC(C)CCCC(C)C)c1c25)c43. The van der Waals surface area contributed by atoms with E-state index in [-0.39, 0.29) is 48.7 Å². The van der Waals surface area contributed by atoms with E-state index in [0.29, 0.717) is 116 Å². The molecule has 0 N–H and O–H groups in total. The van der Waals surface area contributed by atoms with E-state index in [9.17, 15) is 0 Å². The van der Waals surface area contributed by atoms with Crippen molar-refractivity contribution < 1.29 is 38.1 Å². The van der Waals surface area contributed by atoms with E-state index in [0.717, 1.165) is 154 Å². The second-order valence-electron chi connectivity index (χ2n) is 33.8. The molecule has 0 bridgehead atoms. The molecule has 110 heavy (non-hydrogen) atoms. The average Bonchev–Trinajstić information content (AvgIpc) is 0.784. The third-order valence-corrected chi connectivity index (χ3v) is 23.3. The highest BCUT2D eigenvalue weighted by Crippen LogP contribution is 2.52. The van der Waals surface area contributed by atoms with Crippen LogP contribution in [0.4, 0.5) is 0 Å². The summed E-state index contributed by atoms with van der Waals surface area (Å²) in [5, 5.41) is 9.09. The lowest BCUT2D eigenvalue weighted by Gasteiger charge is -2.24. The fourth-order valence-electron chi connectivity index (χ4n) is 17.0. The number of carbonyl (C=O) groups excluding carboxylic acids is 4. The van der Waals surface area contributed by atoms with Crippen LogP contribution >= 0.6 is 0 Å². The van der Waals surface area contributed by atoms with Gasteiger partial charge in [0.15, 0.2) is 0 Å². The minimum Gasteiger partial charge on any atom is -0.462 e. The van der Waals surface area contributed by atoms with E-state index < -0.39 is 23.9 Å². The van der Waals surface area contributed by atoms with Gasteiger partial charge in [0.1, 0.15) is 0 Å². The Balaban J connectivity index is 1.12. The van der Waals surface area contributed by atoms with Crippen LogP contribution in [0.5, 0.6) is 0 Å². The van der Waals surface area contributed by atoms with Crippen LogP contribution in [0.15, 0.2) is 182 Å². The number of rotatable bonds is 36. The number of hydrogen-bond acceptors (Lipinski definition) is 8. The number of nitrogens with zero attached hydrogens (tertiary/aromatic N) is 2. The summed E-state index contributed by atoms with van der Waals surface area (Å²) in [7, 11) is 0. The van der Waals surface area contributed by atoms with E-state index >= 15 is 19.2 Å². The smallest absolute Gasteiger partial charge is 0.338 e. The number of hydrogen-bond donors (Lipinski definition) is 0. The molecule has 572 valence electrons. The van der Waals surface area contributed by atoms with E-state index in [1.165, 1.54) is 0 Å². The van der Waals surface area contributed by atoms with Gasteiger partial charge < -0.3 is 28.1 Å². The molecule has 0 amide bonds. The van der Waals surface area contributed by atoms with Crippen molar-refractivity contribution in [1.29, 1.82) is 0 Å². The van der Waals surface area contributed by atoms with Gasteiger partial charge in [-0.25, -0.2) is 19.2 Å². The molecule has 0 aliphatic carbocycles. The first-order valence-electron chi connectivity index (χ1n) is 41.4. The summed E-state index contributed by atoms with van der Waals surface area (Å²) in [6.07, 6.45) is 15.6. The van der Waals surface area contributed by atoms with Crippen LogP contribution in [0.25, 0.3) is 120 Å². The average molecular weight is 1470 g/mol. The molecule has 13 aromatic rings. The number of carbonyl (C=O) groups is 4. The Morgan fingerprint density at radius 2 is 0.564 bits per heavy atom. The first-order valence-corrected chi connectivity index (χ1v) is 41.4. The molecule has 10 heteroatoms. The zero-order chi connectivity index (χ0) is 77.3. The Morgan fingerprint density at radius 3 is 0.891 bits per heavy atom. The van der Waals surface area contributed by atoms with Crippen LogP contribution in [0.3, 0.4) is 0 Å². The van der Waals surface area contributed by atoms with Crippen molar-refractivity contribution in [2.24, 2.45) is 47.3 Å². The highest BCUT2D eigenvalue weighted by Gasteiger charge is 2.33. The molecule has 10 nitrogen and oxygen atoms in total. The van der Waals surface area contributed by atoms with Crippen molar-refractivity contribution in [2.75, 3.05) is 26.4 Å². The monoisotopic (exact) mass is 1470 g/mol. The molecule has 4 unspecified atom stereocenters. The lowest BCUT2D eigenvalue weighted by Crippen LogP contribution is -2.15. The molecule has 11 aromatic carbocycles. The molecular formula is C100H114N2O8. The number of para-hydroxylation sites is 4. The summed E-state index contributed by atoms with van der Waals surface area (Å²) >= 11 is 0. The van der Waals surface area contributed by atoms with Crippen LogP contribution in [0, 0.1) is 47.3 Å². The van der Waals surface area contributed by atoms with Gasteiger partial charge >= 0.3 is 23.9 Å². The first-order chi connectivity index (χ1) is 53.2. The van der Waals surface area contributed by atoms with E-state index in [1.54, 1.807) is 0 Å². The predicted molar refractivity (Wildman–Crippen MR) is 458 cm³/mol. The standard InChI is InChI=1S/C100H114N2O8/c1-63(2)27-23-31-67(9)51-55-107-97(103)79-47-45-77-92-82(72-44-50-90-84(60-72)76-40-20-22-42-88(76)102(90)74-37-17-14-18-38-74)62-86(100(106)110-58-54-70(12)34-26-30-66(7)8)94-80(98(104)108-56-52-68(10)32-24-28-64(3)4)48-46-78(96(92)94)91-81(61-85(93(79)95(77)91)99(105)109-57-53-69(11)33-25-29-65(5)6)71-43-49-89-83(59-71)75-39-19-21-41-87(75)101(89)73-35-15-13-16-36-73/h13-22,35-50,59-70H,23-34,51-58H2,1-12H3. The van der Waals surface area contributed by atoms with Crippen LogP contribution in [-0.2, 0) is 18.9 Å². The van der Waals surface area contributed by atoms with Gasteiger partial charge in [-0.05, 0) is 213 Å².